The van der Waals surface area contributed by atoms with Gasteiger partial charge in [-0.05, 0) is 31.4 Å². The van der Waals surface area contributed by atoms with E-state index in [9.17, 15) is 19.0 Å². The Morgan fingerprint density at radius 2 is 1.84 bits per heavy atom. The number of rotatable bonds is 4. The summed E-state index contributed by atoms with van der Waals surface area (Å²) in [5.74, 6) is -2.31. The minimum absolute atomic E-state index is 0.243. The molecule has 2 atom stereocenters. The molecule has 4 nitrogen and oxygen atoms in total. The highest BCUT2D eigenvalue weighted by Gasteiger charge is 2.43. The summed E-state index contributed by atoms with van der Waals surface area (Å²) >= 11 is 0. The van der Waals surface area contributed by atoms with Crippen molar-refractivity contribution in [2.75, 3.05) is 19.7 Å². The third-order valence-electron chi connectivity index (χ3n) is 5.52. The molecule has 1 heterocycles. The van der Waals surface area contributed by atoms with E-state index in [4.69, 9.17) is 4.74 Å². The fraction of sp³-hybridized carbons (Fsp3) is 0.684. The highest BCUT2D eigenvalue weighted by molar-refractivity contribution is 5.25. The van der Waals surface area contributed by atoms with Crippen LogP contribution in [0.2, 0.25) is 0 Å². The van der Waals surface area contributed by atoms with Crippen molar-refractivity contribution < 1.29 is 23.7 Å². The Hall–Kier alpha value is -1.24. The largest absolute Gasteiger partial charge is 0.487 e. The number of aliphatic hydroxyl groups excluding tert-OH is 1. The maximum absolute atomic E-state index is 13.7. The molecule has 1 aromatic carbocycles. The van der Waals surface area contributed by atoms with Crippen molar-refractivity contribution in [3.05, 3.63) is 29.8 Å². The van der Waals surface area contributed by atoms with Gasteiger partial charge >= 0.3 is 0 Å². The predicted molar refractivity (Wildman–Crippen MR) is 90.5 cm³/mol. The molecule has 2 N–H and O–H groups in total. The number of nitrogens with zero attached hydrogens (tertiary/aromatic N) is 1. The number of β-amino-alcohol motifs (C(OH)–C–C–N with tert-alkyl or cyclic N) is 1. The molecule has 0 aromatic heterocycles. The average molecular weight is 355 g/mol. The molecule has 1 aliphatic heterocycles. The maximum atomic E-state index is 13.7. The molecule has 0 amide bonds. The number of aliphatic hydroxyl groups is 2. The molecule has 1 aromatic rings. The summed E-state index contributed by atoms with van der Waals surface area (Å²) in [7, 11) is 0. The van der Waals surface area contributed by atoms with Gasteiger partial charge in [-0.15, -0.1) is 0 Å². The number of benzene rings is 1. The van der Waals surface area contributed by atoms with Crippen molar-refractivity contribution in [1.82, 2.24) is 4.90 Å². The Morgan fingerprint density at radius 1 is 1.12 bits per heavy atom. The molecule has 140 valence electrons. The lowest BCUT2D eigenvalue weighted by Gasteiger charge is -2.45. The molecule has 0 radical (unpaired) electrons. The van der Waals surface area contributed by atoms with Gasteiger partial charge in [0.1, 0.15) is 12.2 Å². The minimum atomic E-state index is -1.48. The highest BCUT2D eigenvalue weighted by Crippen LogP contribution is 2.30. The SMILES string of the molecule is O[C@H]1CCN(C2CCCCCC2)C[C@]1(O)COc1cccc(F)c1F. The van der Waals surface area contributed by atoms with Crippen LogP contribution in [0.1, 0.15) is 44.9 Å². The monoisotopic (exact) mass is 355 g/mol. The number of hydrogen-bond donors (Lipinski definition) is 2. The van der Waals surface area contributed by atoms with E-state index in [1.165, 1.54) is 37.8 Å². The molecule has 1 saturated heterocycles. The summed E-state index contributed by atoms with van der Waals surface area (Å²) in [4.78, 5) is 2.23. The van der Waals surface area contributed by atoms with E-state index in [1.807, 2.05) is 0 Å². The number of hydrogen-bond acceptors (Lipinski definition) is 4. The number of halogens is 2. The highest BCUT2D eigenvalue weighted by atomic mass is 19.2. The van der Waals surface area contributed by atoms with Gasteiger partial charge in [-0.25, -0.2) is 4.39 Å². The number of likely N-dealkylation sites (tertiary alicyclic amines) is 1. The first-order chi connectivity index (χ1) is 12.0. The van der Waals surface area contributed by atoms with E-state index in [1.54, 1.807) is 0 Å². The first-order valence-corrected chi connectivity index (χ1v) is 9.21. The van der Waals surface area contributed by atoms with Crippen molar-refractivity contribution in [3.63, 3.8) is 0 Å². The van der Waals surface area contributed by atoms with Gasteiger partial charge in [-0.2, -0.15) is 4.39 Å². The van der Waals surface area contributed by atoms with Crippen LogP contribution in [-0.2, 0) is 0 Å². The molecule has 0 bridgehead atoms. The molecular formula is C19H27F2NO3. The summed E-state index contributed by atoms with van der Waals surface area (Å²) in [5, 5.41) is 21.2. The fourth-order valence-corrected chi connectivity index (χ4v) is 3.97. The summed E-state index contributed by atoms with van der Waals surface area (Å²) in [6.45, 7) is 0.760. The zero-order valence-corrected chi connectivity index (χ0v) is 14.5. The van der Waals surface area contributed by atoms with E-state index in [0.717, 1.165) is 25.5 Å². The van der Waals surface area contributed by atoms with Crippen LogP contribution in [-0.4, -0.2) is 52.6 Å². The van der Waals surface area contributed by atoms with Crippen LogP contribution in [0.25, 0.3) is 0 Å². The first-order valence-electron chi connectivity index (χ1n) is 9.21. The van der Waals surface area contributed by atoms with Gasteiger partial charge in [0.2, 0.25) is 5.82 Å². The van der Waals surface area contributed by atoms with Crippen molar-refractivity contribution in [3.8, 4) is 5.75 Å². The fourth-order valence-electron chi connectivity index (χ4n) is 3.97. The van der Waals surface area contributed by atoms with Crippen LogP contribution in [0.15, 0.2) is 18.2 Å². The Bertz CT molecular complexity index is 578. The molecular weight excluding hydrogens is 328 g/mol. The van der Waals surface area contributed by atoms with Crippen molar-refractivity contribution in [2.24, 2.45) is 0 Å². The predicted octanol–water partition coefficient (Wildman–Crippen LogP) is 2.86. The summed E-state index contributed by atoms with van der Waals surface area (Å²) in [6, 6.07) is 4.10. The molecule has 25 heavy (non-hydrogen) atoms. The quantitative estimate of drug-likeness (QED) is 0.816. The standard InChI is InChI=1S/C19H27F2NO3/c20-15-8-5-9-16(18(15)21)25-13-19(24)12-22(11-10-17(19)23)14-6-3-1-2-4-7-14/h5,8-9,14,17,23-24H,1-4,6-7,10-13H2/t17-,19-/m0/s1. The minimum Gasteiger partial charge on any atom is -0.487 e. The molecule has 1 saturated carbocycles. The van der Waals surface area contributed by atoms with Gasteiger partial charge in [0.15, 0.2) is 11.6 Å². The smallest absolute Gasteiger partial charge is 0.200 e. The second kappa shape index (κ2) is 7.98. The van der Waals surface area contributed by atoms with Crippen LogP contribution in [0.3, 0.4) is 0 Å². The summed E-state index contributed by atoms with van der Waals surface area (Å²) in [6.07, 6.45) is 6.59. The van der Waals surface area contributed by atoms with Gasteiger partial charge in [-0.3, -0.25) is 4.90 Å². The van der Waals surface area contributed by atoms with Crippen LogP contribution >= 0.6 is 0 Å². The van der Waals surface area contributed by atoms with E-state index in [0.29, 0.717) is 12.5 Å². The second-order valence-electron chi connectivity index (χ2n) is 7.36. The average Bonchev–Trinajstić information content (AvgIpc) is 2.88. The second-order valence-corrected chi connectivity index (χ2v) is 7.36. The Labute approximate surface area is 147 Å². The lowest BCUT2D eigenvalue weighted by Crippen LogP contribution is -2.61. The molecule has 2 aliphatic rings. The van der Waals surface area contributed by atoms with Crippen molar-refractivity contribution >= 4 is 0 Å². The lowest BCUT2D eigenvalue weighted by atomic mass is 9.88. The van der Waals surface area contributed by atoms with E-state index in [-0.39, 0.29) is 18.9 Å². The normalized spacial score (nSPS) is 29.4. The molecule has 6 heteroatoms. The maximum Gasteiger partial charge on any atom is 0.200 e. The molecule has 3 rings (SSSR count). The Balaban J connectivity index is 1.66. The zero-order chi connectivity index (χ0) is 17.9. The van der Waals surface area contributed by atoms with E-state index >= 15 is 0 Å². The van der Waals surface area contributed by atoms with Crippen LogP contribution in [0.4, 0.5) is 8.78 Å². The molecule has 2 fully saturated rings. The van der Waals surface area contributed by atoms with Gasteiger partial charge in [0.25, 0.3) is 0 Å². The van der Waals surface area contributed by atoms with Crippen molar-refractivity contribution in [2.45, 2.75) is 62.7 Å². The lowest BCUT2D eigenvalue weighted by molar-refractivity contribution is -0.146. The molecule has 0 spiro atoms. The van der Waals surface area contributed by atoms with Gasteiger partial charge in [-0.1, -0.05) is 31.7 Å². The van der Waals surface area contributed by atoms with Crippen LogP contribution < -0.4 is 4.74 Å². The Kier molecular flexibility index (Phi) is 5.92. The van der Waals surface area contributed by atoms with Gasteiger partial charge in [0.05, 0.1) is 6.10 Å². The number of ether oxygens (including phenoxy) is 1. The van der Waals surface area contributed by atoms with Gasteiger partial charge in [0, 0.05) is 19.1 Å². The zero-order valence-electron chi connectivity index (χ0n) is 14.5. The number of piperidine rings is 1. The summed E-state index contributed by atoms with van der Waals surface area (Å²) < 4.78 is 32.4. The topological polar surface area (TPSA) is 52.9 Å². The third-order valence-corrected chi connectivity index (χ3v) is 5.52. The summed E-state index contributed by atoms with van der Waals surface area (Å²) in [5.41, 5.74) is -1.48. The third kappa shape index (κ3) is 4.30. The first kappa shape index (κ1) is 18.5. The van der Waals surface area contributed by atoms with Crippen LogP contribution in [0, 0.1) is 11.6 Å². The van der Waals surface area contributed by atoms with Crippen LogP contribution in [0.5, 0.6) is 5.75 Å². The van der Waals surface area contributed by atoms with E-state index in [2.05, 4.69) is 4.90 Å². The molecule has 0 unspecified atom stereocenters. The Morgan fingerprint density at radius 3 is 2.56 bits per heavy atom. The molecule has 1 aliphatic carbocycles. The van der Waals surface area contributed by atoms with Gasteiger partial charge < -0.3 is 14.9 Å². The van der Waals surface area contributed by atoms with Crippen molar-refractivity contribution in [1.29, 1.82) is 0 Å². The van der Waals surface area contributed by atoms with E-state index < -0.39 is 23.3 Å².